The molecule has 0 saturated carbocycles. The average molecular weight is 227 g/mol. The molecule has 0 radical (unpaired) electrons. The van der Waals surface area contributed by atoms with E-state index in [1.54, 1.807) is 4.90 Å². The molecule has 4 nitrogen and oxygen atoms in total. The van der Waals surface area contributed by atoms with Gasteiger partial charge in [-0.2, -0.15) is 0 Å². The van der Waals surface area contributed by atoms with Crippen molar-refractivity contribution in [2.75, 3.05) is 6.54 Å². The lowest BCUT2D eigenvalue weighted by Crippen LogP contribution is -2.49. The van der Waals surface area contributed by atoms with Crippen molar-refractivity contribution < 1.29 is 14.3 Å². The maximum atomic E-state index is 11.9. The van der Waals surface area contributed by atoms with E-state index in [0.29, 0.717) is 12.5 Å². The van der Waals surface area contributed by atoms with E-state index in [0.717, 1.165) is 19.1 Å². The van der Waals surface area contributed by atoms with Crippen molar-refractivity contribution in [3.05, 3.63) is 0 Å². The number of likely N-dealkylation sites (tertiary alicyclic amines) is 1. The minimum Gasteiger partial charge on any atom is -0.444 e. The Hall–Kier alpha value is -1.06. The van der Waals surface area contributed by atoms with Crippen LogP contribution in [0.1, 0.15) is 40.5 Å². The van der Waals surface area contributed by atoms with Gasteiger partial charge in [0.15, 0.2) is 0 Å². The molecular weight excluding hydrogens is 206 g/mol. The Balaban J connectivity index is 2.67. The smallest absolute Gasteiger partial charge is 0.410 e. The van der Waals surface area contributed by atoms with E-state index < -0.39 is 5.60 Å². The quantitative estimate of drug-likeness (QED) is 0.645. The fraction of sp³-hybridized carbons (Fsp3) is 0.833. The zero-order valence-electron chi connectivity index (χ0n) is 10.5. The normalized spacial score (nSPS) is 26.4. The second kappa shape index (κ2) is 4.85. The van der Waals surface area contributed by atoms with Gasteiger partial charge in [0.05, 0.1) is 6.04 Å². The molecule has 0 N–H and O–H groups in total. The highest BCUT2D eigenvalue weighted by atomic mass is 16.6. The topological polar surface area (TPSA) is 46.6 Å². The number of piperidine rings is 1. The Labute approximate surface area is 96.9 Å². The van der Waals surface area contributed by atoms with Crippen molar-refractivity contribution in [3.63, 3.8) is 0 Å². The van der Waals surface area contributed by atoms with E-state index in [4.69, 9.17) is 4.74 Å². The summed E-state index contributed by atoms with van der Waals surface area (Å²) < 4.78 is 5.29. The number of carbonyl (C=O) groups excluding carboxylic acids is 2. The van der Waals surface area contributed by atoms with Gasteiger partial charge in [0.2, 0.25) is 0 Å². The number of hydrogen-bond acceptors (Lipinski definition) is 3. The Morgan fingerprint density at radius 3 is 2.50 bits per heavy atom. The number of nitrogens with zero attached hydrogens (tertiary/aromatic N) is 1. The second-order valence-electron chi connectivity index (χ2n) is 5.52. The maximum Gasteiger partial charge on any atom is 0.410 e. The molecule has 0 spiro atoms. The lowest BCUT2D eigenvalue weighted by molar-refractivity contribution is -0.114. The molecule has 1 amide bonds. The van der Waals surface area contributed by atoms with Crippen LogP contribution in [0.2, 0.25) is 0 Å². The summed E-state index contributed by atoms with van der Waals surface area (Å²) in [6, 6.07) is -0.314. The van der Waals surface area contributed by atoms with Crippen LogP contribution in [-0.4, -0.2) is 35.5 Å². The highest BCUT2D eigenvalue weighted by Gasteiger charge is 2.32. The summed E-state index contributed by atoms with van der Waals surface area (Å²) in [5.74, 6) is 0.434. The van der Waals surface area contributed by atoms with E-state index >= 15 is 0 Å². The molecule has 1 saturated heterocycles. The fourth-order valence-corrected chi connectivity index (χ4v) is 1.85. The van der Waals surface area contributed by atoms with Gasteiger partial charge in [-0.25, -0.2) is 4.79 Å². The molecule has 1 unspecified atom stereocenters. The Bertz CT molecular complexity index is 270. The van der Waals surface area contributed by atoms with Crippen LogP contribution in [0, 0.1) is 5.92 Å². The van der Waals surface area contributed by atoms with Gasteiger partial charge in [-0.15, -0.1) is 0 Å². The van der Waals surface area contributed by atoms with Crippen LogP contribution >= 0.6 is 0 Å². The second-order valence-corrected chi connectivity index (χ2v) is 5.52. The first-order chi connectivity index (χ1) is 7.33. The highest BCUT2D eigenvalue weighted by Crippen LogP contribution is 2.22. The van der Waals surface area contributed by atoms with Crippen molar-refractivity contribution in [1.29, 1.82) is 0 Å². The first-order valence-electron chi connectivity index (χ1n) is 5.78. The van der Waals surface area contributed by atoms with Gasteiger partial charge in [-0.3, -0.25) is 4.90 Å². The van der Waals surface area contributed by atoms with Crippen molar-refractivity contribution in [2.45, 2.75) is 52.2 Å². The molecule has 1 aliphatic rings. The summed E-state index contributed by atoms with van der Waals surface area (Å²) in [6.45, 7) is 8.17. The van der Waals surface area contributed by atoms with Gasteiger partial charge in [0, 0.05) is 6.54 Å². The lowest BCUT2D eigenvalue weighted by atomic mass is 9.95. The summed E-state index contributed by atoms with van der Waals surface area (Å²) in [6.07, 6.45) is 2.19. The fourth-order valence-electron chi connectivity index (χ4n) is 1.85. The van der Waals surface area contributed by atoms with Crippen molar-refractivity contribution in [1.82, 2.24) is 4.90 Å². The predicted molar refractivity (Wildman–Crippen MR) is 61.2 cm³/mol. The summed E-state index contributed by atoms with van der Waals surface area (Å²) in [4.78, 5) is 24.3. The molecule has 1 aliphatic heterocycles. The van der Waals surface area contributed by atoms with Gasteiger partial charge < -0.3 is 9.53 Å². The molecular formula is C12H21NO3. The summed E-state index contributed by atoms with van der Waals surface area (Å²) in [5, 5.41) is 0. The van der Waals surface area contributed by atoms with Gasteiger partial charge in [-0.1, -0.05) is 6.92 Å². The Morgan fingerprint density at radius 2 is 2.00 bits per heavy atom. The van der Waals surface area contributed by atoms with Crippen LogP contribution in [0.15, 0.2) is 0 Å². The molecule has 0 aromatic rings. The third-order valence-corrected chi connectivity index (χ3v) is 2.65. The molecule has 0 aromatic carbocycles. The minimum atomic E-state index is -0.509. The molecule has 1 rings (SSSR count). The van der Waals surface area contributed by atoms with E-state index in [2.05, 4.69) is 6.92 Å². The molecule has 4 heteroatoms. The number of hydrogen-bond donors (Lipinski definition) is 0. The standard InChI is InChI=1S/C12H21NO3/c1-9-5-6-10(8-14)13(7-9)11(15)16-12(2,3)4/h8-10H,5-7H2,1-4H3/t9-,10?/m0/s1. The Morgan fingerprint density at radius 1 is 1.38 bits per heavy atom. The maximum absolute atomic E-state index is 11.9. The van der Waals surface area contributed by atoms with Gasteiger partial charge in [0.25, 0.3) is 0 Å². The third kappa shape index (κ3) is 3.51. The molecule has 0 aromatic heterocycles. The molecule has 16 heavy (non-hydrogen) atoms. The zero-order valence-corrected chi connectivity index (χ0v) is 10.5. The molecule has 1 heterocycles. The van der Waals surface area contributed by atoms with E-state index in [-0.39, 0.29) is 12.1 Å². The van der Waals surface area contributed by atoms with Crippen molar-refractivity contribution >= 4 is 12.4 Å². The van der Waals surface area contributed by atoms with E-state index in [9.17, 15) is 9.59 Å². The van der Waals surface area contributed by atoms with Crippen LogP contribution in [0.3, 0.4) is 0 Å². The number of aldehydes is 1. The first kappa shape index (κ1) is 13.0. The van der Waals surface area contributed by atoms with Crippen LogP contribution in [0.4, 0.5) is 4.79 Å². The predicted octanol–water partition coefficient (Wildman–Crippen LogP) is 2.22. The van der Waals surface area contributed by atoms with Crippen LogP contribution < -0.4 is 0 Å². The van der Waals surface area contributed by atoms with Gasteiger partial charge in [0.1, 0.15) is 11.9 Å². The minimum absolute atomic E-state index is 0.314. The summed E-state index contributed by atoms with van der Waals surface area (Å²) in [7, 11) is 0. The largest absolute Gasteiger partial charge is 0.444 e. The highest BCUT2D eigenvalue weighted by molar-refractivity contribution is 5.74. The van der Waals surface area contributed by atoms with Gasteiger partial charge >= 0.3 is 6.09 Å². The average Bonchev–Trinajstić information content (AvgIpc) is 2.15. The SMILES string of the molecule is C[C@H]1CCC(C=O)N(C(=O)OC(C)(C)C)C1. The van der Waals surface area contributed by atoms with Crippen molar-refractivity contribution in [2.24, 2.45) is 5.92 Å². The monoisotopic (exact) mass is 227 g/mol. The number of amides is 1. The molecule has 2 atom stereocenters. The van der Waals surface area contributed by atoms with Gasteiger partial charge in [-0.05, 0) is 39.5 Å². The van der Waals surface area contributed by atoms with Crippen molar-refractivity contribution in [3.8, 4) is 0 Å². The number of ether oxygens (including phenoxy) is 1. The van der Waals surface area contributed by atoms with E-state index in [1.165, 1.54) is 0 Å². The molecule has 0 bridgehead atoms. The molecule has 0 aliphatic carbocycles. The molecule has 1 fully saturated rings. The summed E-state index contributed by atoms with van der Waals surface area (Å²) >= 11 is 0. The van der Waals surface area contributed by atoms with E-state index in [1.807, 2.05) is 20.8 Å². The first-order valence-corrected chi connectivity index (χ1v) is 5.78. The van der Waals surface area contributed by atoms with Crippen LogP contribution in [-0.2, 0) is 9.53 Å². The number of carbonyl (C=O) groups is 2. The summed E-state index contributed by atoms with van der Waals surface area (Å²) in [5.41, 5.74) is -0.509. The third-order valence-electron chi connectivity index (χ3n) is 2.65. The zero-order chi connectivity index (χ0) is 12.3. The van der Waals surface area contributed by atoms with Crippen LogP contribution in [0.5, 0.6) is 0 Å². The molecule has 92 valence electrons. The lowest BCUT2D eigenvalue weighted by Gasteiger charge is -2.36. The van der Waals surface area contributed by atoms with Crippen LogP contribution in [0.25, 0.3) is 0 Å². The Kier molecular flexibility index (Phi) is 3.94. The number of rotatable bonds is 1.